The van der Waals surface area contributed by atoms with Crippen LogP contribution in [0.5, 0.6) is 0 Å². The zero-order valence-electron chi connectivity index (χ0n) is 19.4. The lowest BCUT2D eigenvalue weighted by molar-refractivity contribution is -0.150. The van der Waals surface area contributed by atoms with Crippen molar-refractivity contribution < 1.29 is 18.7 Å². The fraction of sp³-hybridized carbons (Fsp3) is 0.370. The van der Waals surface area contributed by atoms with E-state index in [0.29, 0.717) is 30.6 Å². The first-order valence-electron chi connectivity index (χ1n) is 11.8. The van der Waals surface area contributed by atoms with Crippen molar-refractivity contribution in [3.8, 4) is 0 Å². The molecule has 178 valence electrons. The van der Waals surface area contributed by atoms with Crippen molar-refractivity contribution in [2.24, 2.45) is 11.7 Å². The maximum absolute atomic E-state index is 13.7. The summed E-state index contributed by atoms with van der Waals surface area (Å²) >= 11 is 0. The third kappa shape index (κ3) is 5.14. The minimum absolute atomic E-state index is 0.0439. The number of amides is 1. The number of hydrogen-bond donors (Lipinski definition) is 3. The first kappa shape index (κ1) is 23.5. The quantitative estimate of drug-likeness (QED) is 0.263. The number of hydrogen-bond acceptors (Lipinski definition) is 5. The molecule has 4 N–H and O–H groups in total. The molecule has 1 heterocycles. The fourth-order valence-corrected chi connectivity index (χ4v) is 4.80. The van der Waals surface area contributed by atoms with E-state index in [1.165, 1.54) is 0 Å². The van der Waals surface area contributed by atoms with Gasteiger partial charge >= 0.3 is 5.97 Å². The third-order valence-electron chi connectivity index (χ3n) is 6.57. The number of nitrogen functional groups attached to an aromatic ring is 1. The van der Waals surface area contributed by atoms with Gasteiger partial charge in [0.2, 0.25) is 5.91 Å². The molecule has 0 spiro atoms. The van der Waals surface area contributed by atoms with Gasteiger partial charge in [0.1, 0.15) is 11.4 Å². The van der Waals surface area contributed by atoms with Gasteiger partial charge in [0.25, 0.3) is 0 Å². The second-order valence-electron chi connectivity index (χ2n) is 8.82. The van der Waals surface area contributed by atoms with E-state index in [1.54, 1.807) is 31.4 Å². The van der Waals surface area contributed by atoms with Crippen LogP contribution in [0.25, 0.3) is 11.0 Å². The van der Waals surface area contributed by atoms with Gasteiger partial charge < -0.3 is 20.2 Å². The molecule has 3 atom stereocenters. The summed E-state index contributed by atoms with van der Waals surface area (Å²) in [5.74, 6) is -1.30. The summed E-state index contributed by atoms with van der Waals surface area (Å²) in [6.45, 7) is 2.12. The van der Waals surface area contributed by atoms with Gasteiger partial charge in [-0.05, 0) is 49.9 Å². The van der Waals surface area contributed by atoms with E-state index in [4.69, 9.17) is 20.3 Å². The van der Waals surface area contributed by atoms with Gasteiger partial charge in [0, 0.05) is 22.6 Å². The number of benzene rings is 2. The molecule has 3 aromatic rings. The Hall–Kier alpha value is -3.61. The van der Waals surface area contributed by atoms with Crippen LogP contribution in [-0.2, 0) is 20.7 Å². The van der Waals surface area contributed by atoms with Crippen LogP contribution in [0.4, 0.5) is 0 Å². The highest BCUT2D eigenvalue weighted by molar-refractivity contribution is 6.00. The van der Waals surface area contributed by atoms with Crippen LogP contribution in [0.15, 0.2) is 59.2 Å². The lowest BCUT2D eigenvalue weighted by atomic mass is 9.83. The van der Waals surface area contributed by atoms with Crippen LogP contribution >= 0.6 is 0 Å². The topological polar surface area (TPSA) is 118 Å². The molecule has 0 aliphatic heterocycles. The van der Waals surface area contributed by atoms with E-state index in [1.807, 2.05) is 30.3 Å². The summed E-state index contributed by atoms with van der Waals surface area (Å²) in [4.78, 5) is 26.3. The average Bonchev–Trinajstić information content (AvgIpc) is 3.26. The van der Waals surface area contributed by atoms with Crippen LogP contribution in [0.1, 0.15) is 55.2 Å². The molecule has 1 aliphatic carbocycles. The summed E-state index contributed by atoms with van der Waals surface area (Å²) < 4.78 is 11.0. The van der Waals surface area contributed by atoms with E-state index >= 15 is 0 Å². The Labute approximate surface area is 199 Å². The summed E-state index contributed by atoms with van der Waals surface area (Å²) in [6, 6.07) is 14.9. The number of carbonyl (C=O) groups is 2. The Morgan fingerprint density at radius 2 is 1.94 bits per heavy atom. The Bertz CT molecular complexity index is 1170. The molecular formula is C27H31N3O4. The summed E-state index contributed by atoms with van der Waals surface area (Å²) in [5, 5.41) is 11.7. The van der Waals surface area contributed by atoms with Crippen molar-refractivity contribution >= 4 is 28.7 Å². The number of amidine groups is 1. The number of rotatable bonds is 8. The molecule has 1 aromatic heterocycles. The van der Waals surface area contributed by atoms with Crippen LogP contribution < -0.4 is 11.1 Å². The lowest BCUT2D eigenvalue weighted by Crippen LogP contribution is -2.47. The first-order valence-corrected chi connectivity index (χ1v) is 11.8. The smallest absolute Gasteiger partial charge is 0.311 e. The van der Waals surface area contributed by atoms with Gasteiger partial charge in [0.05, 0.1) is 24.7 Å². The van der Waals surface area contributed by atoms with Crippen LogP contribution in [-0.4, -0.2) is 30.4 Å². The van der Waals surface area contributed by atoms with Crippen LogP contribution in [0, 0.1) is 11.3 Å². The predicted molar refractivity (Wildman–Crippen MR) is 131 cm³/mol. The Morgan fingerprint density at radius 3 is 2.68 bits per heavy atom. The molecule has 0 radical (unpaired) electrons. The standard InChI is InChI=1S/C27H31N3O4/c1-2-33-27(32)19-10-6-7-11-23(19)30-26(31)21(14-17-8-4-3-5-9-17)22-16-34-24-13-12-18(25(28)29)15-20(22)24/h3-5,8-9,12-13,15-16,19,21,23H,2,6-7,10-11,14H2,1H3,(H3,28,29)(H,30,31)/t19-,21?,23?/m1/s1. The highest BCUT2D eigenvalue weighted by Gasteiger charge is 2.35. The summed E-state index contributed by atoms with van der Waals surface area (Å²) in [7, 11) is 0. The number of nitrogens with two attached hydrogens (primary N) is 1. The fourth-order valence-electron chi connectivity index (χ4n) is 4.80. The molecule has 7 heteroatoms. The largest absolute Gasteiger partial charge is 0.466 e. The monoisotopic (exact) mass is 461 g/mol. The van der Waals surface area contributed by atoms with Gasteiger partial charge in [-0.2, -0.15) is 0 Å². The van der Waals surface area contributed by atoms with E-state index in [2.05, 4.69) is 5.32 Å². The van der Waals surface area contributed by atoms with Gasteiger partial charge in [-0.3, -0.25) is 15.0 Å². The molecule has 34 heavy (non-hydrogen) atoms. The number of ether oxygens (including phenoxy) is 1. The van der Waals surface area contributed by atoms with Gasteiger partial charge in [-0.1, -0.05) is 43.2 Å². The second kappa shape index (κ2) is 10.5. The molecule has 0 saturated heterocycles. The number of fused-ring (bicyclic) bond motifs is 1. The third-order valence-corrected chi connectivity index (χ3v) is 6.57. The average molecular weight is 462 g/mol. The molecule has 4 rings (SSSR count). The molecule has 1 amide bonds. The van der Waals surface area contributed by atoms with Crippen molar-refractivity contribution in [1.29, 1.82) is 5.41 Å². The number of nitrogens with one attached hydrogen (secondary N) is 2. The van der Waals surface area contributed by atoms with Gasteiger partial charge in [-0.15, -0.1) is 0 Å². The van der Waals surface area contributed by atoms with Crippen LogP contribution in [0.3, 0.4) is 0 Å². The van der Waals surface area contributed by atoms with Crippen molar-refractivity contribution in [1.82, 2.24) is 5.32 Å². The highest BCUT2D eigenvalue weighted by atomic mass is 16.5. The van der Waals surface area contributed by atoms with Crippen LogP contribution in [0.2, 0.25) is 0 Å². The molecule has 2 unspecified atom stereocenters. The number of furan rings is 1. The maximum atomic E-state index is 13.7. The summed E-state index contributed by atoms with van der Waals surface area (Å²) in [5.41, 5.74) is 8.67. The van der Waals surface area contributed by atoms with Gasteiger partial charge in [0.15, 0.2) is 0 Å². The van der Waals surface area contributed by atoms with Gasteiger partial charge in [-0.25, -0.2) is 0 Å². The lowest BCUT2D eigenvalue weighted by Gasteiger charge is -2.31. The predicted octanol–water partition coefficient (Wildman–Crippen LogP) is 4.28. The number of carbonyl (C=O) groups excluding carboxylic acids is 2. The SMILES string of the molecule is CCOC(=O)[C@@H]1CCCCC1NC(=O)C(Cc1ccccc1)c1coc2ccc(C(=N)N)cc12. The van der Waals surface area contributed by atoms with Crippen molar-refractivity contribution in [2.45, 2.75) is 51.0 Å². The second-order valence-corrected chi connectivity index (χ2v) is 8.82. The van der Waals surface area contributed by atoms with Crippen molar-refractivity contribution in [3.05, 3.63) is 71.5 Å². The zero-order chi connectivity index (χ0) is 24.1. The minimum Gasteiger partial charge on any atom is -0.466 e. The molecule has 0 bridgehead atoms. The first-order chi connectivity index (χ1) is 16.5. The normalized spacial score (nSPS) is 18.9. The highest BCUT2D eigenvalue weighted by Crippen LogP contribution is 2.33. The molecular weight excluding hydrogens is 430 g/mol. The van der Waals surface area contributed by atoms with Crippen molar-refractivity contribution in [3.63, 3.8) is 0 Å². The van der Waals surface area contributed by atoms with Crippen molar-refractivity contribution in [2.75, 3.05) is 6.61 Å². The molecule has 1 fully saturated rings. The summed E-state index contributed by atoms with van der Waals surface area (Å²) in [6.07, 6.45) is 5.45. The zero-order valence-corrected chi connectivity index (χ0v) is 19.4. The Kier molecular flexibility index (Phi) is 7.30. The Morgan fingerprint density at radius 1 is 1.18 bits per heavy atom. The Balaban J connectivity index is 1.67. The van der Waals surface area contributed by atoms with E-state index in [9.17, 15) is 9.59 Å². The van der Waals surface area contributed by atoms with E-state index in [-0.39, 0.29) is 29.7 Å². The molecule has 1 aliphatic rings. The molecule has 2 aromatic carbocycles. The van der Waals surface area contributed by atoms with E-state index in [0.717, 1.165) is 35.8 Å². The number of esters is 1. The molecule has 1 saturated carbocycles. The maximum Gasteiger partial charge on any atom is 0.311 e. The van der Waals surface area contributed by atoms with E-state index < -0.39 is 5.92 Å². The minimum atomic E-state index is -0.532. The molecule has 7 nitrogen and oxygen atoms in total.